The normalized spacial score (nSPS) is 11.6. The molecule has 0 spiro atoms. The summed E-state index contributed by atoms with van der Waals surface area (Å²) in [7, 11) is 0. The first-order valence-electron chi connectivity index (χ1n) is 7.74. The molecule has 0 unspecified atom stereocenters. The Balaban J connectivity index is 2.18. The number of nitrogens with zero attached hydrogens (tertiary/aromatic N) is 2. The van der Waals surface area contributed by atoms with E-state index < -0.39 is 0 Å². The molecule has 0 bridgehead atoms. The van der Waals surface area contributed by atoms with E-state index in [0.717, 1.165) is 17.2 Å². The molecular weight excluding hydrogens is 272 g/mol. The van der Waals surface area contributed by atoms with Crippen molar-refractivity contribution in [2.24, 2.45) is 0 Å². The first-order valence-corrected chi connectivity index (χ1v) is 7.74. The van der Waals surface area contributed by atoms with Gasteiger partial charge in [0.05, 0.1) is 0 Å². The predicted molar refractivity (Wildman–Crippen MR) is 94.0 cm³/mol. The van der Waals surface area contributed by atoms with Gasteiger partial charge < -0.3 is 10.6 Å². The van der Waals surface area contributed by atoms with Crippen LogP contribution >= 0.6 is 0 Å². The van der Waals surface area contributed by atoms with Crippen LogP contribution in [0.1, 0.15) is 51.8 Å². The van der Waals surface area contributed by atoms with E-state index in [1.807, 2.05) is 13.0 Å². The van der Waals surface area contributed by atoms with E-state index in [1.165, 1.54) is 5.56 Å². The molecule has 22 heavy (non-hydrogen) atoms. The van der Waals surface area contributed by atoms with E-state index in [9.17, 15) is 0 Å². The summed E-state index contributed by atoms with van der Waals surface area (Å²) in [6.07, 6.45) is 0. The van der Waals surface area contributed by atoms with Crippen LogP contribution < -0.4 is 10.6 Å². The molecule has 2 aromatic rings. The summed E-state index contributed by atoms with van der Waals surface area (Å²) in [5, 5.41) is 6.66. The number of aryl methyl sites for hydroxylation is 1. The fraction of sp³-hybridized carbons (Fsp3) is 0.444. The van der Waals surface area contributed by atoms with Gasteiger partial charge in [-0.3, -0.25) is 0 Å². The molecule has 0 saturated carbocycles. The van der Waals surface area contributed by atoms with Crippen molar-refractivity contribution in [2.75, 3.05) is 10.6 Å². The SMILES string of the molecule is Cc1cc(Nc2ccc(C(C)C)cc2)nc(NC(C)(C)C)n1. The molecular formula is C18H26N4. The minimum Gasteiger partial charge on any atom is -0.350 e. The number of benzene rings is 1. The van der Waals surface area contributed by atoms with Crippen LogP contribution in [0.5, 0.6) is 0 Å². The largest absolute Gasteiger partial charge is 0.350 e. The summed E-state index contributed by atoms with van der Waals surface area (Å²) >= 11 is 0. The molecule has 0 aliphatic carbocycles. The molecule has 4 nitrogen and oxygen atoms in total. The van der Waals surface area contributed by atoms with Crippen LogP contribution in [-0.2, 0) is 0 Å². The fourth-order valence-electron chi connectivity index (χ4n) is 2.12. The quantitative estimate of drug-likeness (QED) is 0.846. The maximum atomic E-state index is 4.54. The Morgan fingerprint density at radius 2 is 1.64 bits per heavy atom. The van der Waals surface area contributed by atoms with Gasteiger partial charge in [0.25, 0.3) is 0 Å². The summed E-state index contributed by atoms with van der Waals surface area (Å²) in [4.78, 5) is 8.97. The average Bonchev–Trinajstić information content (AvgIpc) is 2.36. The molecule has 4 heteroatoms. The molecule has 1 aromatic carbocycles. The predicted octanol–water partition coefficient (Wildman–Crippen LogP) is 4.86. The van der Waals surface area contributed by atoms with Crippen LogP contribution in [0, 0.1) is 6.92 Å². The van der Waals surface area contributed by atoms with E-state index >= 15 is 0 Å². The van der Waals surface area contributed by atoms with Crippen molar-refractivity contribution in [3.63, 3.8) is 0 Å². The van der Waals surface area contributed by atoms with Gasteiger partial charge in [-0.05, 0) is 51.3 Å². The number of aromatic nitrogens is 2. The van der Waals surface area contributed by atoms with Crippen molar-refractivity contribution in [1.29, 1.82) is 0 Å². The number of rotatable bonds is 4. The molecule has 118 valence electrons. The lowest BCUT2D eigenvalue weighted by Gasteiger charge is -2.21. The average molecular weight is 298 g/mol. The molecule has 0 radical (unpaired) electrons. The maximum Gasteiger partial charge on any atom is 0.225 e. The van der Waals surface area contributed by atoms with Crippen LogP contribution in [0.3, 0.4) is 0 Å². The third-order valence-corrected chi connectivity index (χ3v) is 3.19. The molecule has 2 N–H and O–H groups in total. The highest BCUT2D eigenvalue weighted by molar-refractivity contribution is 5.58. The number of nitrogens with one attached hydrogen (secondary N) is 2. The third-order valence-electron chi connectivity index (χ3n) is 3.19. The lowest BCUT2D eigenvalue weighted by Crippen LogP contribution is -2.27. The number of anilines is 3. The fourth-order valence-corrected chi connectivity index (χ4v) is 2.12. The number of hydrogen-bond donors (Lipinski definition) is 2. The topological polar surface area (TPSA) is 49.8 Å². The smallest absolute Gasteiger partial charge is 0.225 e. The Bertz CT molecular complexity index is 625. The van der Waals surface area contributed by atoms with E-state index in [-0.39, 0.29) is 5.54 Å². The van der Waals surface area contributed by atoms with Gasteiger partial charge in [0.2, 0.25) is 5.95 Å². The summed E-state index contributed by atoms with van der Waals surface area (Å²) in [5.41, 5.74) is 3.23. The van der Waals surface area contributed by atoms with Crippen LogP contribution in [0.25, 0.3) is 0 Å². The monoisotopic (exact) mass is 298 g/mol. The van der Waals surface area contributed by atoms with Gasteiger partial charge >= 0.3 is 0 Å². The first-order chi connectivity index (χ1) is 10.2. The summed E-state index contributed by atoms with van der Waals surface area (Å²) in [5.74, 6) is 1.99. The molecule has 0 fully saturated rings. The Morgan fingerprint density at radius 3 is 2.18 bits per heavy atom. The molecule has 1 heterocycles. The van der Waals surface area contributed by atoms with Gasteiger partial charge in [0.15, 0.2) is 0 Å². The summed E-state index contributed by atoms with van der Waals surface area (Å²) in [6.45, 7) is 12.6. The summed E-state index contributed by atoms with van der Waals surface area (Å²) in [6, 6.07) is 10.4. The molecule has 1 aromatic heterocycles. The van der Waals surface area contributed by atoms with Crippen LogP contribution in [-0.4, -0.2) is 15.5 Å². The lowest BCUT2D eigenvalue weighted by atomic mass is 10.0. The lowest BCUT2D eigenvalue weighted by molar-refractivity contribution is 0.625. The van der Waals surface area contributed by atoms with Gasteiger partial charge in [-0.25, -0.2) is 4.98 Å². The van der Waals surface area contributed by atoms with Crippen molar-refractivity contribution >= 4 is 17.5 Å². The summed E-state index contributed by atoms with van der Waals surface area (Å²) < 4.78 is 0. The van der Waals surface area contributed by atoms with E-state index in [2.05, 4.69) is 79.5 Å². The molecule has 0 amide bonds. The molecule has 0 atom stereocenters. The van der Waals surface area contributed by atoms with Crippen molar-refractivity contribution in [3.05, 3.63) is 41.6 Å². The molecule has 2 rings (SSSR count). The van der Waals surface area contributed by atoms with Gasteiger partial charge in [-0.15, -0.1) is 0 Å². The Labute approximate surface area is 133 Å². The number of hydrogen-bond acceptors (Lipinski definition) is 4. The zero-order chi connectivity index (χ0) is 16.3. The maximum absolute atomic E-state index is 4.54. The van der Waals surface area contributed by atoms with E-state index in [4.69, 9.17) is 0 Å². The second-order valence-electron chi connectivity index (χ2n) is 6.99. The van der Waals surface area contributed by atoms with Gasteiger partial charge in [-0.2, -0.15) is 4.98 Å². The zero-order valence-corrected chi connectivity index (χ0v) is 14.4. The molecule has 0 saturated heterocycles. The first kappa shape index (κ1) is 16.3. The van der Waals surface area contributed by atoms with Gasteiger partial charge in [0.1, 0.15) is 5.82 Å². The standard InChI is InChI=1S/C18H26N4/c1-12(2)14-7-9-15(10-8-14)20-16-11-13(3)19-17(21-16)22-18(4,5)6/h7-12H,1-6H3,(H2,19,20,21,22). The van der Waals surface area contributed by atoms with Crippen LogP contribution in [0.2, 0.25) is 0 Å². The highest BCUT2D eigenvalue weighted by atomic mass is 15.2. The highest BCUT2D eigenvalue weighted by Gasteiger charge is 2.12. The minimum absolute atomic E-state index is 0.0655. The second kappa shape index (κ2) is 6.34. The van der Waals surface area contributed by atoms with Crippen molar-refractivity contribution < 1.29 is 0 Å². The Hall–Kier alpha value is -2.10. The minimum atomic E-state index is -0.0655. The van der Waals surface area contributed by atoms with Crippen LogP contribution in [0.15, 0.2) is 30.3 Å². The van der Waals surface area contributed by atoms with Crippen molar-refractivity contribution in [3.8, 4) is 0 Å². The molecule has 0 aliphatic rings. The van der Waals surface area contributed by atoms with Crippen LogP contribution in [0.4, 0.5) is 17.5 Å². The molecule has 0 aliphatic heterocycles. The second-order valence-corrected chi connectivity index (χ2v) is 6.99. The van der Waals surface area contributed by atoms with Crippen molar-refractivity contribution in [2.45, 2.75) is 53.0 Å². The van der Waals surface area contributed by atoms with Gasteiger partial charge in [-0.1, -0.05) is 26.0 Å². The Morgan fingerprint density at radius 1 is 1.00 bits per heavy atom. The van der Waals surface area contributed by atoms with Gasteiger partial charge in [0, 0.05) is 23.0 Å². The Kier molecular flexibility index (Phi) is 4.69. The van der Waals surface area contributed by atoms with E-state index in [0.29, 0.717) is 11.9 Å². The zero-order valence-electron chi connectivity index (χ0n) is 14.4. The third kappa shape index (κ3) is 4.72. The van der Waals surface area contributed by atoms with E-state index in [1.54, 1.807) is 0 Å². The van der Waals surface area contributed by atoms with Crippen molar-refractivity contribution in [1.82, 2.24) is 9.97 Å². The highest BCUT2D eigenvalue weighted by Crippen LogP contribution is 2.21.